The molecule has 10 nitrogen and oxygen atoms in total. The molecule has 4 rings (SSSR count). The lowest BCUT2D eigenvalue weighted by Crippen LogP contribution is -2.35. The first kappa shape index (κ1) is 17.3. The van der Waals surface area contributed by atoms with Gasteiger partial charge in [-0.05, 0) is 35.9 Å². The quantitative estimate of drug-likeness (QED) is 0.736. The molecule has 2 aromatic heterocycles. The third-order valence-corrected chi connectivity index (χ3v) is 4.93. The number of rotatable bonds is 4. The zero-order chi connectivity index (χ0) is 18.8. The third-order valence-electron chi connectivity index (χ3n) is 4.93. The largest absolute Gasteiger partial charge is 0.465 e. The molecular formula is C17H22N8O2. The number of hydrogen-bond acceptors (Lipinski definition) is 6. The van der Waals surface area contributed by atoms with E-state index in [4.69, 9.17) is 4.98 Å². The van der Waals surface area contributed by atoms with Crippen molar-refractivity contribution in [2.75, 3.05) is 31.1 Å². The van der Waals surface area contributed by atoms with Gasteiger partial charge in [-0.2, -0.15) is 0 Å². The first-order valence-corrected chi connectivity index (χ1v) is 9.04. The molecule has 27 heavy (non-hydrogen) atoms. The Morgan fingerprint density at radius 3 is 2.78 bits per heavy atom. The van der Waals surface area contributed by atoms with Crippen molar-refractivity contribution in [3.05, 3.63) is 30.1 Å². The summed E-state index contributed by atoms with van der Waals surface area (Å²) in [6.45, 7) is 5.63. The number of para-hydroxylation sites is 2. The van der Waals surface area contributed by atoms with Crippen LogP contribution in [-0.2, 0) is 13.1 Å². The number of nitrogens with zero attached hydrogens (tertiary/aromatic N) is 8. The maximum absolute atomic E-state index is 11.3. The minimum Gasteiger partial charge on any atom is -0.465 e. The fourth-order valence-corrected chi connectivity index (χ4v) is 3.48. The summed E-state index contributed by atoms with van der Waals surface area (Å²) >= 11 is 0. The molecule has 1 N–H and O–H groups in total. The van der Waals surface area contributed by atoms with E-state index in [2.05, 4.69) is 31.1 Å². The zero-order valence-electron chi connectivity index (χ0n) is 15.2. The number of aryl methyl sites for hydroxylation is 3. The number of anilines is 1. The molecule has 1 aliphatic heterocycles. The van der Waals surface area contributed by atoms with Gasteiger partial charge in [0, 0.05) is 32.7 Å². The van der Waals surface area contributed by atoms with Crippen LogP contribution >= 0.6 is 0 Å². The summed E-state index contributed by atoms with van der Waals surface area (Å²) < 4.78 is 3.94. The average molecular weight is 370 g/mol. The Bertz CT molecular complexity index is 949. The number of aromatic nitrogens is 6. The average Bonchev–Trinajstić information content (AvgIpc) is 3.13. The third kappa shape index (κ3) is 3.42. The van der Waals surface area contributed by atoms with E-state index in [1.54, 1.807) is 4.68 Å². The number of benzene rings is 1. The van der Waals surface area contributed by atoms with Crippen molar-refractivity contribution in [3.63, 3.8) is 0 Å². The van der Waals surface area contributed by atoms with Crippen LogP contribution in [0.5, 0.6) is 0 Å². The highest BCUT2D eigenvalue weighted by molar-refractivity contribution is 5.78. The van der Waals surface area contributed by atoms with Crippen LogP contribution in [0.15, 0.2) is 24.3 Å². The van der Waals surface area contributed by atoms with E-state index in [1.807, 2.05) is 25.1 Å². The molecule has 0 atom stereocenters. The molecule has 0 radical (unpaired) electrons. The van der Waals surface area contributed by atoms with Gasteiger partial charge in [0.1, 0.15) is 5.82 Å². The van der Waals surface area contributed by atoms with Gasteiger partial charge in [-0.25, -0.2) is 14.5 Å². The minimum absolute atomic E-state index is 0.477. The molecule has 142 valence electrons. The summed E-state index contributed by atoms with van der Waals surface area (Å²) in [5.41, 5.74) is 1.98. The normalized spacial score (nSPS) is 15.3. The minimum atomic E-state index is -0.862. The second-order valence-corrected chi connectivity index (χ2v) is 6.61. The van der Waals surface area contributed by atoms with Crippen LogP contribution < -0.4 is 4.90 Å². The number of hydrogen-bond donors (Lipinski definition) is 1. The molecule has 3 aromatic rings. The second-order valence-electron chi connectivity index (χ2n) is 6.61. The van der Waals surface area contributed by atoms with Gasteiger partial charge in [-0.15, -0.1) is 5.10 Å². The maximum atomic E-state index is 11.3. The predicted octanol–water partition coefficient (Wildman–Crippen LogP) is 1.22. The van der Waals surface area contributed by atoms with Crippen LogP contribution in [0.2, 0.25) is 0 Å². The predicted molar refractivity (Wildman–Crippen MR) is 98.7 cm³/mol. The highest BCUT2D eigenvalue weighted by Gasteiger charge is 2.22. The number of imidazole rings is 1. The molecular weight excluding hydrogens is 348 g/mol. The molecule has 1 fully saturated rings. The maximum Gasteiger partial charge on any atom is 0.407 e. The van der Waals surface area contributed by atoms with Crippen molar-refractivity contribution < 1.29 is 9.90 Å². The fourth-order valence-electron chi connectivity index (χ4n) is 3.48. The number of fused-ring (bicyclic) bond motifs is 1. The Labute approximate surface area is 156 Å². The van der Waals surface area contributed by atoms with Crippen LogP contribution in [0.25, 0.3) is 11.0 Å². The fraction of sp³-hybridized carbons (Fsp3) is 0.471. The highest BCUT2D eigenvalue weighted by atomic mass is 16.4. The smallest absolute Gasteiger partial charge is 0.407 e. The van der Waals surface area contributed by atoms with Gasteiger partial charge in [0.25, 0.3) is 0 Å². The van der Waals surface area contributed by atoms with Crippen molar-refractivity contribution in [3.8, 4) is 0 Å². The van der Waals surface area contributed by atoms with E-state index in [1.165, 1.54) is 4.90 Å². The summed E-state index contributed by atoms with van der Waals surface area (Å²) in [4.78, 5) is 19.8. The van der Waals surface area contributed by atoms with Crippen molar-refractivity contribution >= 4 is 23.1 Å². The molecule has 1 saturated heterocycles. The van der Waals surface area contributed by atoms with Crippen LogP contribution in [0, 0.1) is 6.92 Å². The van der Waals surface area contributed by atoms with Gasteiger partial charge in [-0.1, -0.05) is 12.1 Å². The van der Waals surface area contributed by atoms with Crippen LogP contribution in [0.3, 0.4) is 0 Å². The topological polar surface area (TPSA) is 105 Å². The Balaban J connectivity index is 1.63. The Kier molecular flexibility index (Phi) is 4.61. The molecule has 0 saturated carbocycles. The second kappa shape index (κ2) is 7.22. The Hall–Kier alpha value is -3.17. The van der Waals surface area contributed by atoms with Gasteiger partial charge >= 0.3 is 6.09 Å². The number of tetrazole rings is 1. The van der Waals surface area contributed by atoms with Gasteiger partial charge in [0.05, 0.1) is 17.6 Å². The molecule has 1 aromatic carbocycles. The van der Waals surface area contributed by atoms with E-state index < -0.39 is 6.09 Å². The molecule has 3 heterocycles. The van der Waals surface area contributed by atoms with Crippen LogP contribution in [-0.4, -0.2) is 72.0 Å². The van der Waals surface area contributed by atoms with Crippen LogP contribution in [0.4, 0.5) is 10.7 Å². The lowest BCUT2D eigenvalue weighted by Gasteiger charge is -2.23. The van der Waals surface area contributed by atoms with Gasteiger partial charge in [0.2, 0.25) is 5.95 Å². The summed E-state index contributed by atoms with van der Waals surface area (Å²) in [5, 5.41) is 20.9. The lowest BCUT2D eigenvalue weighted by atomic mass is 10.3. The van der Waals surface area contributed by atoms with Gasteiger partial charge < -0.3 is 19.5 Å². The molecule has 1 aliphatic rings. The number of carbonyl (C=O) groups is 1. The van der Waals surface area contributed by atoms with Crippen molar-refractivity contribution in [1.82, 2.24) is 34.7 Å². The summed E-state index contributed by atoms with van der Waals surface area (Å²) in [5.74, 6) is 1.64. The zero-order valence-corrected chi connectivity index (χ0v) is 15.2. The van der Waals surface area contributed by atoms with Gasteiger partial charge in [-0.3, -0.25) is 0 Å². The summed E-state index contributed by atoms with van der Waals surface area (Å²) in [7, 11) is 0. The Morgan fingerprint density at radius 1 is 1.15 bits per heavy atom. The molecule has 0 unspecified atom stereocenters. The van der Waals surface area contributed by atoms with Crippen LogP contribution in [0.1, 0.15) is 12.2 Å². The number of carboxylic acid groups (broad SMARTS) is 1. The number of amides is 1. The van der Waals surface area contributed by atoms with Crippen molar-refractivity contribution in [2.45, 2.75) is 26.4 Å². The van der Waals surface area contributed by atoms with E-state index in [0.29, 0.717) is 32.7 Å². The molecule has 0 spiro atoms. The molecule has 10 heteroatoms. The standard InChI is InChI=1S/C17H22N8O2/c1-13-19-20-21-25(13)12-11-24-15-6-3-2-5-14(15)18-16(24)22-7-4-8-23(10-9-22)17(26)27/h2-3,5-6H,4,7-12H2,1H3,(H,26,27). The van der Waals surface area contributed by atoms with E-state index >= 15 is 0 Å². The van der Waals surface area contributed by atoms with E-state index in [9.17, 15) is 9.90 Å². The van der Waals surface area contributed by atoms with Gasteiger partial charge in [0.15, 0.2) is 0 Å². The molecule has 0 bridgehead atoms. The molecule has 0 aliphatic carbocycles. The monoisotopic (exact) mass is 370 g/mol. The van der Waals surface area contributed by atoms with Crippen molar-refractivity contribution in [1.29, 1.82) is 0 Å². The first-order chi connectivity index (χ1) is 13.1. The SMILES string of the molecule is Cc1nnnn1CCn1c(N2CCCN(C(=O)O)CC2)nc2ccccc21. The molecule has 1 amide bonds. The first-order valence-electron chi connectivity index (χ1n) is 9.04. The highest BCUT2D eigenvalue weighted by Crippen LogP contribution is 2.24. The Morgan fingerprint density at radius 2 is 2.00 bits per heavy atom. The van der Waals surface area contributed by atoms with E-state index in [-0.39, 0.29) is 0 Å². The lowest BCUT2D eigenvalue weighted by molar-refractivity contribution is 0.148. The summed E-state index contributed by atoms with van der Waals surface area (Å²) in [6, 6.07) is 8.03. The van der Waals surface area contributed by atoms with Crippen molar-refractivity contribution in [2.24, 2.45) is 0 Å². The van der Waals surface area contributed by atoms with E-state index in [0.717, 1.165) is 35.8 Å². The summed E-state index contributed by atoms with van der Waals surface area (Å²) in [6.07, 6.45) is -0.0822.